The monoisotopic (exact) mass is 248 g/mol. The number of hydrogen-bond acceptors (Lipinski definition) is 3. The van der Waals surface area contributed by atoms with Gasteiger partial charge in [0.15, 0.2) is 16.9 Å². The Kier molecular flexibility index (Phi) is 4.83. The molecule has 1 rings (SSSR count). The first-order valence-electron chi connectivity index (χ1n) is 4.85. The molecule has 0 N–H and O–H groups in total. The highest BCUT2D eigenvalue weighted by Crippen LogP contribution is 2.17. The molecule has 0 aromatic heterocycles. The molecule has 3 nitrogen and oxygen atoms in total. The summed E-state index contributed by atoms with van der Waals surface area (Å²) in [5.74, 6) is 1.97. The number of terminal acetylenes is 1. The quantitative estimate of drug-likeness (QED) is 0.455. The van der Waals surface area contributed by atoms with Gasteiger partial charge in [-0.05, 0) is 24.6 Å². The second-order valence-electron chi connectivity index (χ2n) is 3.31. The molecule has 0 fully saturated rings. The number of rotatable bonds is 5. The Hall–Kier alpha value is -1.70. The van der Waals surface area contributed by atoms with Crippen LogP contribution in [-0.4, -0.2) is 16.6 Å². The van der Waals surface area contributed by atoms with Crippen LogP contribution in [0.1, 0.15) is 17.3 Å². The Labute approximate surface area is 103 Å². The van der Waals surface area contributed by atoms with Crippen LogP contribution in [0.5, 0.6) is 0 Å². The van der Waals surface area contributed by atoms with E-state index in [4.69, 9.17) is 10.6 Å². The first kappa shape index (κ1) is 13.4. The Morgan fingerprint density at radius 2 is 2.18 bits per heavy atom. The molecule has 0 spiro atoms. The number of Topliss-reactive ketones (excluding diaryl/α,β-unsaturated/α-hetero) is 1. The second-order valence-corrected chi connectivity index (χ2v) is 4.45. The zero-order valence-corrected chi connectivity index (χ0v) is 10.3. The fourth-order valence-corrected chi connectivity index (χ4v) is 2.01. The molecule has 17 heavy (non-hydrogen) atoms. The van der Waals surface area contributed by atoms with E-state index in [-0.39, 0.29) is 12.4 Å². The molecule has 1 unspecified atom stereocenters. The van der Waals surface area contributed by atoms with Crippen molar-refractivity contribution < 1.29 is 13.2 Å². The van der Waals surface area contributed by atoms with Gasteiger partial charge in [0.2, 0.25) is 0 Å². The summed E-state index contributed by atoms with van der Waals surface area (Å²) in [7, 11) is 0. The van der Waals surface area contributed by atoms with Gasteiger partial charge < -0.3 is 0 Å². The van der Waals surface area contributed by atoms with Gasteiger partial charge in [0, 0.05) is 5.56 Å². The molecule has 0 bridgehead atoms. The summed E-state index contributed by atoms with van der Waals surface area (Å²) in [4.78, 5) is 12.1. The largest absolute Gasteiger partial charge is 0.289 e. The van der Waals surface area contributed by atoms with Gasteiger partial charge in [0.25, 0.3) is 0 Å². The molecule has 0 aliphatic heterocycles. The van der Waals surface area contributed by atoms with Crippen LogP contribution in [0, 0.1) is 12.3 Å². The highest BCUT2D eigenvalue weighted by Gasteiger charge is 2.16. The van der Waals surface area contributed by atoms with Gasteiger partial charge in [-0.2, -0.15) is 0 Å². The van der Waals surface area contributed by atoms with Crippen molar-refractivity contribution in [3.8, 4) is 12.3 Å². The van der Waals surface area contributed by atoms with E-state index in [1.165, 1.54) is 0 Å². The zero-order chi connectivity index (χ0) is 12.8. The summed E-state index contributed by atoms with van der Waals surface area (Å²) in [5, 5.41) is 0. The molecular weight excluding hydrogens is 236 g/mol. The number of ketones is 1. The van der Waals surface area contributed by atoms with E-state index >= 15 is 0 Å². The number of carbonyl (C=O) groups is 1. The van der Waals surface area contributed by atoms with Crippen LogP contribution in [0.25, 0.3) is 0 Å². The number of hydrogen-bond donors (Lipinski definition) is 0. The van der Waals surface area contributed by atoms with Crippen LogP contribution in [-0.2, 0) is 15.3 Å². The van der Waals surface area contributed by atoms with Crippen molar-refractivity contribution in [3.63, 3.8) is 0 Å². The van der Waals surface area contributed by atoms with E-state index in [1.54, 1.807) is 31.2 Å². The summed E-state index contributed by atoms with van der Waals surface area (Å²) in [6, 6.07) is 6.53. The Morgan fingerprint density at radius 1 is 1.53 bits per heavy atom. The molecule has 0 saturated carbocycles. The Morgan fingerprint density at radius 3 is 2.76 bits per heavy atom. The maximum absolute atomic E-state index is 11.8. The van der Waals surface area contributed by atoms with Gasteiger partial charge >= 0.3 is 0 Å². The van der Waals surface area contributed by atoms with Crippen molar-refractivity contribution >= 4 is 16.9 Å². The zero-order valence-electron chi connectivity index (χ0n) is 9.43. The van der Waals surface area contributed by atoms with Crippen molar-refractivity contribution in [3.05, 3.63) is 42.0 Å². The summed E-state index contributed by atoms with van der Waals surface area (Å²) >= 11 is -1.74. The summed E-state index contributed by atoms with van der Waals surface area (Å²) in [6.07, 6.45) is 5.01. The Balaban J connectivity index is 3.08. The van der Waals surface area contributed by atoms with Crippen molar-refractivity contribution in [2.24, 2.45) is 0 Å². The first-order chi connectivity index (χ1) is 8.07. The average molecular weight is 248 g/mol. The van der Waals surface area contributed by atoms with Crippen molar-refractivity contribution in [2.45, 2.75) is 11.8 Å². The predicted octanol–water partition coefficient (Wildman–Crippen LogP) is 2.12. The number of carbonyl (C=O) groups excluding carboxylic acids is 1. The van der Waals surface area contributed by atoms with Gasteiger partial charge in [-0.15, -0.1) is 6.42 Å². The molecule has 1 aromatic carbocycles. The third kappa shape index (κ3) is 3.38. The third-order valence-corrected chi connectivity index (χ3v) is 3.00. The van der Waals surface area contributed by atoms with Crippen LogP contribution >= 0.6 is 0 Å². The molecule has 1 aromatic rings. The summed E-state index contributed by atoms with van der Waals surface area (Å²) in [5.41, 5.74) is 0.710. The van der Waals surface area contributed by atoms with E-state index in [0.717, 1.165) is 0 Å². The molecule has 0 heterocycles. The van der Waals surface area contributed by atoms with E-state index < -0.39 is 11.1 Å². The van der Waals surface area contributed by atoms with Gasteiger partial charge in [-0.25, -0.2) is 4.21 Å². The molecule has 0 radical (unpaired) electrons. The lowest BCUT2D eigenvalue weighted by molar-refractivity contribution is 0.103. The minimum absolute atomic E-state index is 0.0673. The average Bonchev–Trinajstić information content (AvgIpc) is 2.34. The Bertz CT molecular complexity index is 512. The second kappa shape index (κ2) is 6.14. The molecule has 0 aliphatic rings. The van der Waals surface area contributed by atoms with Crippen LogP contribution in [0.15, 0.2) is 41.3 Å². The predicted molar refractivity (Wildman–Crippen MR) is 66.8 cm³/mol. The maximum atomic E-state index is 11.8. The minimum atomic E-state index is -1.74. The first-order valence-corrected chi connectivity index (χ1v) is 5.93. The van der Waals surface area contributed by atoms with Crippen molar-refractivity contribution in [1.82, 2.24) is 0 Å². The topological polar surface area (TPSA) is 43.4 Å². The van der Waals surface area contributed by atoms with Crippen LogP contribution in [0.4, 0.5) is 0 Å². The standard InChI is InChI=1S/C13H12O3S/c1-4-9-16-17(15)12-8-6-5-7-11(12)13(14)10(2)3/h1,5-8H,2,9H2,3H3. The van der Waals surface area contributed by atoms with E-state index in [0.29, 0.717) is 16.0 Å². The molecule has 4 heteroatoms. The normalized spacial score (nSPS) is 11.5. The minimum Gasteiger partial charge on any atom is -0.289 e. The summed E-state index contributed by atoms with van der Waals surface area (Å²) < 4.78 is 16.7. The molecule has 0 aliphatic carbocycles. The van der Waals surface area contributed by atoms with E-state index in [1.807, 2.05) is 0 Å². The summed E-state index contributed by atoms with van der Waals surface area (Å²) in [6.45, 7) is 5.11. The lowest BCUT2D eigenvalue weighted by atomic mass is 10.1. The SMILES string of the molecule is C#CCOS(=O)c1ccccc1C(=O)C(=C)C. The van der Waals surface area contributed by atoms with Crippen LogP contribution in [0.3, 0.4) is 0 Å². The molecule has 1 atom stereocenters. The highest BCUT2D eigenvalue weighted by molar-refractivity contribution is 7.80. The molecule has 0 amide bonds. The van der Waals surface area contributed by atoms with Crippen molar-refractivity contribution in [2.75, 3.05) is 6.61 Å². The van der Waals surface area contributed by atoms with Gasteiger partial charge in [0.1, 0.15) is 6.61 Å². The van der Waals surface area contributed by atoms with Gasteiger partial charge in [-0.1, -0.05) is 24.6 Å². The fourth-order valence-electron chi connectivity index (χ4n) is 1.18. The molecular formula is C13H12O3S. The van der Waals surface area contributed by atoms with Gasteiger partial charge in [0.05, 0.1) is 4.90 Å². The smallest absolute Gasteiger partial charge is 0.190 e. The van der Waals surface area contributed by atoms with E-state index in [2.05, 4.69) is 12.5 Å². The van der Waals surface area contributed by atoms with Crippen molar-refractivity contribution in [1.29, 1.82) is 0 Å². The van der Waals surface area contributed by atoms with Crippen LogP contribution in [0.2, 0.25) is 0 Å². The fraction of sp³-hybridized carbons (Fsp3) is 0.154. The number of allylic oxidation sites excluding steroid dienone is 1. The maximum Gasteiger partial charge on any atom is 0.190 e. The lowest BCUT2D eigenvalue weighted by Gasteiger charge is -2.06. The molecule has 88 valence electrons. The van der Waals surface area contributed by atoms with Gasteiger partial charge in [-0.3, -0.25) is 8.98 Å². The van der Waals surface area contributed by atoms with Crippen LogP contribution < -0.4 is 0 Å². The number of benzene rings is 1. The highest BCUT2D eigenvalue weighted by atomic mass is 32.2. The lowest BCUT2D eigenvalue weighted by Crippen LogP contribution is -2.07. The van der Waals surface area contributed by atoms with E-state index in [9.17, 15) is 9.00 Å². The molecule has 0 saturated heterocycles. The third-order valence-electron chi connectivity index (χ3n) is 1.95.